The van der Waals surface area contributed by atoms with Gasteiger partial charge in [0.2, 0.25) is 10.0 Å². The third kappa shape index (κ3) is 3.85. The van der Waals surface area contributed by atoms with Crippen LogP contribution < -0.4 is 4.72 Å². The summed E-state index contributed by atoms with van der Waals surface area (Å²) in [4.78, 5) is 0.173. The number of aryl methyl sites for hydroxylation is 1. The lowest BCUT2D eigenvalue weighted by molar-refractivity contribution is 0.180. The van der Waals surface area contributed by atoms with Crippen molar-refractivity contribution in [3.05, 3.63) is 42.2 Å². The number of sulfonamides is 1. The second-order valence-electron chi connectivity index (χ2n) is 6.48. The lowest BCUT2D eigenvalue weighted by atomic mass is 9.87. The maximum atomic E-state index is 12.5. The number of nitrogens with zero attached hydrogens (tertiary/aromatic N) is 2. The van der Waals surface area contributed by atoms with Gasteiger partial charge in [0.15, 0.2) is 0 Å². The summed E-state index contributed by atoms with van der Waals surface area (Å²) < 4.78 is 29.4. The molecule has 130 valence electrons. The van der Waals surface area contributed by atoms with Crippen LogP contribution in [0.15, 0.2) is 41.6 Å². The zero-order chi connectivity index (χ0) is 17.2. The van der Waals surface area contributed by atoms with Crippen molar-refractivity contribution in [2.75, 3.05) is 6.61 Å². The van der Waals surface area contributed by atoms with E-state index in [9.17, 15) is 8.42 Å². The Bertz CT molecular complexity index is 776. The Balaban J connectivity index is 1.70. The van der Waals surface area contributed by atoms with E-state index in [-0.39, 0.29) is 17.5 Å². The Morgan fingerprint density at radius 1 is 1.21 bits per heavy atom. The number of rotatable bonds is 5. The maximum Gasteiger partial charge on any atom is 0.243 e. The van der Waals surface area contributed by atoms with Gasteiger partial charge in [-0.25, -0.2) is 17.8 Å². The fraction of sp³-hybridized carbons (Fsp3) is 0.471. The van der Waals surface area contributed by atoms with Gasteiger partial charge in [-0.05, 0) is 50.7 Å². The molecule has 1 aromatic carbocycles. The molecule has 0 bridgehead atoms. The second-order valence-corrected chi connectivity index (χ2v) is 8.19. The van der Waals surface area contributed by atoms with Gasteiger partial charge in [-0.1, -0.05) is 17.7 Å². The molecular weight excluding hydrogens is 326 g/mol. The molecule has 24 heavy (non-hydrogen) atoms. The van der Waals surface area contributed by atoms with Crippen LogP contribution in [0.5, 0.6) is 0 Å². The van der Waals surface area contributed by atoms with E-state index in [0.717, 1.165) is 36.9 Å². The fourth-order valence-electron chi connectivity index (χ4n) is 3.03. The number of hydrogen-bond acceptors (Lipinski definition) is 4. The Kier molecular flexibility index (Phi) is 5.03. The van der Waals surface area contributed by atoms with Crippen molar-refractivity contribution in [1.82, 2.24) is 14.5 Å². The number of nitrogens with one attached hydrogen (secondary N) is 1. The van der Waals surface area contributed by atoms with Crippen LogP contribution in [0, 0.1) is 12.8 Å². The van der Waals surface area contributed by atoms with E-state index in [0.29, 0.717) is 5.92 Å². The van der Waals surface area contributed by atoms with E-state index in [4.69, 9.17) is 5.11 Å². The standard InChI is InChI=1S/C17H23N3O3S/c1-13-2-8-16(9-3-13)20-11-17(10-18-20)24(22,23)19-15-6-4-14(12-21)5-7-15/h2-3,8-11,14-15,19,21H,4-7,12H2,1H3. The summed E-state index contributed by atoms with van der Waals surface area (Å²) >= 11 is 0. The van der Waals surface area contributed by atoms with Crippen molar-refractivity contribution in [3.63, 3.8) is 0 Å². The summed E-state index contributed by atoms with van der Waals surface area (Å²) in [5.41, 5.74) is 1.96. The highest BCUT2D eigenvalue weighted by atomic mass is 32.2. The molecule has 1 fully saturated rings. The van der Waals surface area contributed by atoms with E-state index >= 15 is 0 Å². The summed E-state index contributed by atoms with van der Waals surface area (Å²) in [7, 11) is -3.58. The second kappa shape index (κ2) is 7.04. The average molecular weight is 349 g/mol. The molecular formula is C17H23N3O3S. The zero-order valence-corrected chi connectivity index (χ0v) is 14.5. The number of hydrogen-bond donors (Lipinski definition) is 2. The Morgan fingerprint density at radius 3 is 2.50 bits per heavy atom. The summed E-state index contributed by atoms with van der Waals surface area (Å²) in [5, 5.41) is 13.3. The van der Waals surface area contributed by atoms with E-state index in [2.05, 4.69) is 9.82 Å². The van der Waals surface area contributed by atoms with Crippen LogP contribution in [-0.4, -0.2) is 36.0 Å². The van der Waals surface area contributed by atoms with Gasteiger partial charge in [0.25, 0.3) is 0 Å². The van der Waals surface area contributed by atoms with Crippen molar-refractivity contribution in [2.24, 2.45) is 5.92 Å². The monoisotopic (exact) mass is 349 g/mol. The molecule has 0 aliphatic heterocycles. The van der Waals surface area contributed by atoms with E-state index in [1.54, 1.807) is 4.68 Å². The molecule has 0 atom stereocenters. The summed E-state index contributed by atoms with van der Waals surface area (Å²) in [6, 6.07) is 7.66. The molecule has 1 saturated carbocycles. The summed E-state index contributed by atoms with van der Waals surface area (Å²) in [6.07, 6.45) is 6.14. The molecule has 0 spiro atoms. The van der Waals surface area contributed by atoms with Crippen molar-refractivity contribution in [1.29, 1.82) is 0 Å². The molecule has 7 heteroatoms. The minimum Gasteiger partial charge on any atom is -0.396 e. The predicted molar refractivity (Wildman–Crippen MR) is 91.5 cm³/mol. The van der Waals surface area contributed by atoms with Gasteiger partial charge < -0.3 is 5.11 Å². The molecule has 1 aliphatic rings. The molecule has 3 rings (SSSR count). The lowest BCUT2D eigenvalue weighted by Crippen LogP contribution is -2.37. The van der Waals surface area contributed by atoms with Gasteiger partial charge in [-0.3, -0.25) is 0 Å². The van der Waals surface area contributed by atoms with Gasteiger partial charge in [0.1, 0.15) is 4.90 Å². The topological polar surface area (TPSA) is 84.2 Å². The smallest absolute Gasteiger partial charge is 0.243 e. The quantitative estimate of drug-likeness (QED) is 0.865. The lowest BCUT2D eigenvalue weighted by Gasteiger charge is -2.27. The van der Waals surface area contributed by atoms with Crippen LogP contribution in [0.1, 0.15) is 31.2 Å². The molecule has 0 saturated heterocycles. The number of benzene rings is 1. The van der Waals surface area contributed by atoms with Gasteiger partial charge in [-0.15, -0.1) is 0 Å². The van der Waals surface area contributed by atoms with E-state index in [1.807, 2.05) is 31.2 Å². The molecule has 2 N–H and O–H groups in total. The highest BCUT2D eigenvalue weighted by Gasteiger charge is 2.26. The van der Waals surface area contributed by atoms with Crippen molar-refractivity contribution < 1.29 is 13.5 Å². The first kappa shape index (κ1) is 17.1. The van der Waals surface area contributed by atoms with Crippen LogP contribution in [0.25, 0.3) is 5.69 Å². The minimum absolute atomic E-state index is 0.0690. The minimum atomic E-state index is -3.58. The summed E-state index contributed by atoms with van der Waals surface area (Å²) in [5.74, 6) is 0.301. The predicted octanol–water partition coefficient (Wildman–Crippen LogP) is 2.01. The average Bonchev–Trinajstić information content (AvgIpc) is 3.07. The molecule has 0 unspecified atom stereocenters. The zero-order valence-electron chi connectivity index (χ0n) is 13.7. The molecule has 6 nitrogen and oxygen atoms in total. The fourth-order valence-corrected chi connectivity index (χ4v) is 4.27. The normalized spacial score (nSPS) is 21.8. The van der Waals surface area contributed by atoms with Crippen molar-refractivity contribution in [3.8, 4) is 5.69 Å². The number of aliphatic hydroxyl groups excluding tert-OH is 1. The highest BCUT2D eigenvalue weighted by molar-refractivity contribution is 7.89. The molecule has 2 aromatic rings. The molecule has 0 amide bonds. The SMILES string of the molecule is Cc1ccc(-n2cc(S(=O)(=O)NC3CCC(CO)CC3)cn2)cc1. The van der Waals surface area contributed by atoms with E-state index in [1.165, 1.54) is 12.4 Å². The van der Waals surface area contributed by atoms with Crippen LogP contribution in [0.4, 0.5) is 0 Å². The Morgan fingerprint density at radius 2 is 1.88 bits per heavy atom. The Labute approximate surface area is 142 Å². The number of aromatic nitrogens is 2. The van der Waals surface area contributed by atoms with Crippen LogP contribution in [0.2, 0.25) is 0 Å². The van der Waals surface area contributed by atoms with Gasteiger partial charge in [0.05, 0.1) is 18.1 Å². The van der Waals surface area contributed by atoms with E-state index < -0.39 is 10.0 Å². The highest BCUT2D eigenvalue weighted by Crippen LogP contribution is 2.25. The molecule has 1 heterocycles. The third-order valence-corrected chi connectivity index (χ3v) is 6.07. The van der Waals surface area contributed by atoms with Crippen LogP contribution >= 0.6 is 0 Å². The molecule has 1 aromatic heterocycles. The van der Waals surface area contributed by atoms with Gasteiger partial charge in [0, 0.05) is 12.6 Å². The van der Waals surface area contributed by atoms with Crippen molar-refractivity contribution >= 4 is 10.0 Å². The van der Waals surface area contributed by atoms with Crippen LogP contribution in [0.3, 0.4) is 0 Å². The molecule has 1 aliphatic carbocycles. The van der Waals surface area contributed by atoms with Gasteiger partial charge in [-0.2, -0.15) is 5.10 Å². The summed E-state index contributed by atoms with van der Waals surface area (Å²) in [6.45, 7) is 2.18. The Hall–Kier alpha value is -1.70. The first-order chi connectivity index (χ1) is 11.5. The first-order valence-corrected chi connectivity index (χ1v) is 9.71. The largest absolute Gasteiger partial charge is 0.396 e. The molecule has 0 radical (unpaired) electrons. The third-order valence-electron chi connectivity index (χ3n) is 4.59. The van der Waals surface area contributed by atoms with Crippen molar-refractivity contribution in [2.45, 2.75) is 43.5 Å². The maximum absolute atomic E-state index is 12.5. The number of aliphatic hydroxyl groups is 1. The first-order valence-electron chi connectivity index (χ1n) is 8.23. The van der Waals surface area contributed by atoms with Gasteiger partial charge >= 0.3 is 0 Å². The van der Waals surface area contributed by atoms with Crippen LogP contribution in [-0.2, 0) is 10.0 Å².